The first-order valence-corrected chi connectivity index (χ1v) is 9.55. The van der Waals surface area contributed by atoms with Gasteiger partial charge in [-0.3, -0.25) is 4.79 Å². The molecule has 2 N–H and O–H groups in total. The number of nitrogens with zero attached hydrogens (tertiary/aromatic N) is 1. The number of aryl methyl sites for hydroxylation is 2. The van der Waals surface area contributed by atoms with Crippen molar-refractivity contribution in [1.82, 2.24) is 4.90 Å². The number of carbonyl (C=O) groups excluding carboxylic acids is 1. The molecule has 0 bridgehead atoms. The second-order valence-electron chi connectivity index (χ2n) is 7.50. The molecule has 0 saturated carbocycles. The van der Waals surface area contributed by atoms with Crippen molar-refractivity contribution in [3.05, 3.63) is 47.0 Å². The van der Waals surface area contributed by atoms with Gasteiger partial charge in [0.1, 0.15) is 11.5 Å². The zero-order chi connectivity index (χ0) is 20.5. The molecule has 4 nitrogen and oxygen atoms in total. The van der Waals surface area contributed by atoms with Gasteiger partial charge in [-0.15, -0.1) is 0 Å². The highest BCUT2D eigenvalue weighted by Gasteiger charge is 2.47. The Balaban J connectivity index is 2.07. The Kier molecular flexibility index (Phi) is 5.59. The highest BCUT2D eigenvalue weighted by Crippen LogP contribution is 2.43. The van der Waals surface area contributed by atoms with Crippen LogP contribution in [0.5, 0.6) is 11.5 Å². The van der Waals surface area contributed by atoms with Gasteiger partial charge in [0.15, 0.2) is 0 Å². The van der Waals surface area contributed by atoms with Gasteiger partial charge in [0, 0.05) is 0 Å². The van der Waals surface area contributed by atoms with E-state index in [9.17, 15) is 23.8 Å². The minimum absolute atomic E-state index is 0.0147. The van der Waals surface area contributed by atoms with Crippen molar-refractivity contribution in [2.75, 3.05) is 13.1 Å². The number of carbonyl (C=O) groups is 1. The number of alkyl halides is 2. The zero-order valence-electron chi connectivity index (χ0n) is 16.1. The summed E-state index contributed by atoms with van der Waals surface area (Å²) in [4.78, 5) is 13.9. The Morgan fingerprint density at radius 1 is 1.18 bits per heavy atom. The second kappa shape index (κ2) is 7.78. The van der Waals surface area contributed by atoms with Gasteiger partial charge in [0.2, 0.25) is 0 Å². The number of halogens is 2. The third-order valence-corrected chi connectivity index (χ3v) is 5.06. The molecule has 0 aromatic heterocycles. The molecule has 2 aromatic carbocycles. The molecule has 1 fully saturated rings. The minimum atomic E-state index is -2.88. The average Bonchev–Trinajstić information content (AvgIpc) is 2.59. The maximum absolute atomic E-state index is 13.3. The van der Waals surface area contributed by atoms with E-state index in [1.54, 1.807) is 18.2 Å². The van der Waals surface area contributed by atoms with Gasteiger partial charge < -0.3 is 15.1 Å². The third-order valence-electron chi connectivity index (χ3n) is 5.06. The number of hydrogen-bond acceptors (Lipinski definition) is 3. The SMILES string of the molecule is CCCCCc1cc(O)c(-c2cccc(C)c2)c(O)c1C(=O)N1CC(F)(F)C1. The first-order chi connectivity index (χ1) is 13.2. The van der Waals surface area contributed by atoms with Crippen LogP contribution < -0.4 is 0 Å². The monoisotopic (exact) mass is 389 g/mol. The molecular weight excluding hydrogens is 364 g/mol. The number of phenols is 2. The number of unbranched alkanes of at least 4 members (excludes halogenated alkanes) is 2. The van der Waals surface area contributed by atoms with Crippen LogP contribution in [-0.4, -0.2) is 40.0 Å². The van der Waals surface area contributed by atoms with Crippen LogP contribution in [0.2, 0.25) is 0 Å². The molecule has 0 spiro atoms. The molecule has 0 radical (unpaired) electrons. The predicted octanol–water partition coefficient (Wildman–Crippen LogP) is 4.90. The molecule has 0 aliphatic carbocycles. The number of likely N-dealkylation sites (tertiary alicyclic amines) is 1. The van der Waals surface area contributed by atoms with E-state index < -0.39 is 24.9 Å². The summed E-state index contributed by atoms with van der Waals surface area (Å²) in [5, 5.41) is 21.5. The third kappa shape index (κ3) is 3.96. The lowest BCUT2D eigenvalue weighted by molar-refractivity contribution is -0.113. The van der Waals surface area contributed by atoms with Gasteiger partial charge in [-0.25, -0.2) is 8.78 Å². The lowest BCUT2D eigenvalue weighted by atomic mass is 9.91. The molecule has 0 atom stereocenters. The van der Waals surface area contributed by atoms with Gasteiger partial charge in [-0.2, -0.15) is 0 Å². The van der Waals surface area contributed by atoms with Crippen molar-refractivity contribution in [3.8, 4) is 22.6 Å². The highest BCUT2D eigenvalue weighted by atomic mass is 19.3. The van der Waals surface area contributed by atoms with Gasteiger partial charge in [-0.05, 0) is 37.0 Å². The largest absolute Gasteiger partial charge is 0.507 e. The molecule has 2 aromatic rings. The van der Waals surface area contributed by atoms with Crippen LogP contribution in [0.25, 0.3) is 11.1 Å². The molecule has 0 unspecified atom stereocenters. The van der Waals surface area contributed by atoms with Gasteiger partial charge in [-0.1, -0.05) is 49.6 Å². The highest BCUT2D eigenvalue weighted by molar-refractivity contribution is 6.02. The molecule has 1 aliphatic rings. The van der Waals surface area contributed by atoms with E-state index in [-0.39, 0.29) is 22.6 Å². The van der Waals surface area contributed by atoms with Gasteiger partial charge in [0.25, 0.3) is 11.8 Å². The number of rotatable bonds is 6. The summed E-state index contributed by atoms with van der Waals surface area (Å²) >= 11 is 0. The summed E-state index contributed by atoms with van der Waals surface area (Å²) in [5.41, 5.74) is 2.15. The van der Waals surface area contributed by atoms with E-state index >= 15 is 0 Å². The van der Waals surface area contributed by atoms with Gasteiger partial charge in [0.05, 0.1) is 24.2 Å². The van der Waals surface area contributed by atoms with E-state index in [0.717, 1.165) is 29.7 Å². The van der Waals surface area contributed by atoms with Crippen LogP contribution in [0.4, 0.5) is 8.78 Å². The van der Waals surface area contributed by atoms with Gasteiger partial charge >= 0.3 is 0 Å². The smallest absolute Gasteiger partial charge is 0.282 e. The fourth-order valence-corrected chi connectivity index (χ4v) is 3.61. The quantitative estimate of drug-likeness (QED) is 0.691. The first kappa shape index (κ1) is 20.1. The number of amides is 1. The maximum atomic E-state index is 13.3. The van der Waals surface area contributed by atoms with Crippen molar-refractivity contribution in [1.29, 1.82) is 0 Å². The number of aromatic hydroxyl groups is 2. The van der Waals surface area contributed by atoms with E-state index in [1.807, 2.05) is 19.9 Å². The van der Waals surface area contributed by atoms with Crippen LogP contribution >= 0.6 is 0 Å². The predicted molar refractivity (Wildman–Crippen MR) is 104 cm³/mol. The molecule has 150 valence electrons. The van der Waals surface area contributed by atoms with Crippen molar-refractivity contribution in [3.63, 3.8) is 0 Å². The summed E-state index contributed by atoms with van der Waals surface area (Å²) in [6.07, 6.45) is 3.15. The summed E-state index contributed by atoms with van der Waals surface area (Å²) in [7, 11) is 0. The Morgan fingerprint density at radius 2 is 1.89 bits per heavy atom. The Morgan fingerprint density at radius 3 is 2.50 bits per heavy atom. The summed E-state index contributed by atoms with van der Waals surface area (Å²) < 4.78 is 26.5. The van der Waals surface area contributed by atoms with E-state index in [0.29, 0.717) is 17.5 Å². The Labute approximate surface area is 163 Å². The molecule has 6 heteroatoms. The maximum Gasteiger partial charge on any atom is 0.282 e. The summed E-state index contributed by atoms with van der Waals surface area (Å²) in [6, 6.07) is 8.67. The van der Waals surface area contributed by atoms with Crippen molar-refractivity contribution < 1.29 is 23.8 Å². The topological polar surface area (TPSA) is 60.8 Å². The molecule has 1 aliphatic heterocycles. The minimum Gasteiger partial charge on any atom is -0.507 e. The van der Waals surface area contributed by atoms with Crippen LogP contribution in [0.3, 0.4) is 0 Å². The van der Waals surface area contributed by atoms with Crippen LogP contribution in [0, 0.1) is 6.92 Å². The molecule has 1 amide bonds. The van der Waals surface area contributed by atoms with E-state index in [4.69, 9.17) is 0 Å². The second-order valence-corrected chi connectivity index (χ2v) is 7.50. The normalized spacial score (nSPS) is 15.4. The Hall–Kier alpha value is -2.63. The lowest BCUT2D eigenvalue weighted by Crippen LogP contribution is -2.58. The summed E-state index contributed by atoms with van der Waals surface area (Å²) in [5.74, 6) is -3.98. The first-order valence-electron chi connectivity index (χ1n) is 9.55. The van der Waals surface area contributed by atoms with Crippen molar-refractivity contribution >= 4 is 5.91 Å². The van der Waals surface area contributed by atoms with E-state index in [2.05, 4.69) is 0 Å². The molecular formula is C22H25F2NO3. The van der Waals surface area contributed by atoms with Crippen molar-refractivity contribution in [2.45, 2.75) is 45.5 Å². The van der Waals surface area contributed by atoms with Crippen LogP contribution in [0.15, 0.2) is 30.3 Å². The fourth-order valence-electron chi connectivity index (χ4n) is 3.61. The standard InChI is InChI=1S/C22H25F2NO3/c1-3-4-5-8-16-11-17(26)18(15-9-6-7-14(2)10-15)20(27)19(16)21(28)25-12-22(23,24)13-25/h6-7,9-11,26-27H,3-5,8,12-13H2,1-2H3. The molecule has 28 heavy (non-hydrogen) atoms. The van der Waals surface area contributed by atoms with Crippen molar-refractivity contribution in [2.24, 2.45) is 0 Å². The fraction of sp³-hybridized carbons (Fsp3) is 0.409. The Bertz CT molecular complexity index is 888. The number of hydrogen-bond donors (Lipinski definition) is 2. The molecule has 3 rings (SSSR count). The summed E-state index contributed by atoms with van der Waals surface area (Å²) in [6.45, 7) is 2.62. The van der Waals surface area contributed by atoms with Crippen LogP contribution in [-0.2, 0) is 6.42 Å². The zero-order valence-corrected chi connectivity index (χ0v) is 16.1. The molecule has 1 saturated heterocycles. The number of phenolic OH excluding ortho intramolecular Hbond substituents is 2. The van der Waals surface area contributed by atoms with E-state index in [1.165, 1.54) is 6.07 Å². The van der Waals surface area contributed by atoms with Crippen LogP contribution in [0.1, 0.15) is 47.7 Å². The number of benzene rings is 2. The average molecular weight is 389 g/mol. The molecule has 1 heterocycles. The lowest BCUT2D eigenvalue weighted by Gasteiger charge is -2.39.